The number of ether oxygens (including phenoxy) is 1. The van der Waals surface area contributed by atoms with Gasteiger partial charge in [0.15, 0.2) is 0 Å². The molecule has 2 unspecified atom stereocenters. The van der Waals surface area contributed by atoms with Crippen molar-refractivity contribution in [1.29, 1.82) is 0 Å². The molecule has 3 nitrogen and oxygen atoms in total. The lowest BCUT2D eigenvalue weighted by Gasteiger charge is -2.17. The Morgan fingerprint density at radius 1 is 1.33 bits per heavy atom. The molecule has 0 aliphatic carbocycles. The Morgan fingerprint density at radius 2 is 2.13 bits per heavy atom. The van der Waals surface area contributed by atoms with E-state index in [2.05, 4.69) is 37.4 Å². The summed E-state index contributed by atoms with van der Waals surface area (Å²) in [5.74, 6) is 0. The maximum Gasteiger partial charge on any atom is 0.0996 e. The highest BCUT2D eigenvalue weighted by Gasteiger charge is 2.26. The lowest BCUT2D eigenvalue weighted by Crippen LogP contribution is -2.32. The minimum absolute atomic E-state index is 0.0198. The molecule has 2 rings (SSSR count). The fraction of sp³-hybridized carbons (Fsp3) is 0.500. The number of anilines is 1. The molecule has 1 aliphatic rings. The summed E-state index contributed by atoms with van der Waals surface area (Å²) >= 11 is 0. The highest BCUT2D eigenvalue weighted by molar-refractivity contribution is 5.52. The van der Waals surface area contributed by atoms with Crippen LogP contribution in [0.15, 0.2) is 18.2 Å². The highest BCUT2D eigenvalue weighted by Crippen LogP contribution is 2.19. The van der Waals surface area contributed by atoms with Crippen molar-refractivity contribution in [2.24, 2.45) is 0 Å². The second kappa shape index (κ2) is 4.21. The SMILES string of the molecule is Cc1ccc(NC2COCC2O)c(C)c1. The van der Waals surface area contributed by atoms with Gasteiger partial charge >= 0.3 is 0 Å². The van der Waals surface area contributed by atoms with Gasteiger partial charge in [0.05, 0.1) is 25.4 Å². The Bertz CT molecular complexity index is 351. The van der Waals surface area contributed by atoms with Crippen LogP contribution in [0.1, 0.15) is 11.1 Å². The summed E-state index contributed by atoms with van der Waals surface area (Å²) in [7, 11) is 0. The number of hydrogen-bond donors (Lipinski definition) is 2. The Hall–Kier alpha value is -1.06. The normalized spacial score (nSPS) is 25.5. The molecule has 0 radical (unpaired) electrons. The highest BCUT2D eigenvalue weighted by atomic mass is 16.5. The van der Waals surface area contributed by atoms with Crippen LogP contribution >= 0.6 is 0 Å². The minimum atomic E-state index is -0.397. The van der Waals surface area contributed by atoms with Gasteiger partial charge in [-0.05, 0) is 25.5 Å². The molecule has 1 aromatic rings. The summed E-state index contributed by atoms with van der Waals surface area (Å²) < 4.78 is 5.19. The maximum absolute atomic E-state index is 9.61. The molecule has 3 heteroatoms. The van der Waals surface area contributed by atoms with E-state index in [9.17, 15) is 5.11 Å². The summed E-state index contributed by atoms with van der Waals surface area (Å²) in [6.45, 7) is 5.15. The zero-order chi connectivity index (χ0) is 10.8. The lowest BCUT2D eigenvalue weighted by molar-refractivity contribution is 0.125. The van der Waals surface area contributed by atoms with Crippen LogP contribution in [-0.4, -0.2) is 30.5 Å². The van der Waals surface area contributed by atoms with Crippen molar-refractivity contribution in [3.05, 3.63) is 29.3 Å². The summed E-state index contributed by atoms with van der Waals surface area (Å²) in [6.07, 6.45) is -0.397. The molecule has 15 heavy (non-hydrogen) atoms. The largest absolute Gasteiger partial charge is 0.388 e. The number of benzene rings is 1. The quantitative estimate of drug-likeness (QED) is 0.771. The van der Waals surface area contributed by atoms with Crippen molar-refractivity contribution in [3.63, 3.8) is 0 Å². The van der Waals surface area contributed by atoms with E-state index in [0.717, 1.165) is 5.69 Å². The number of aryl methyl sites for hydroxylation is 2. The first-order chi connectivity index (χ1) is 7.16. The fourth-order valence-electron chi connectivity index (χ4n) is 1.86. The van der Waals surface area contributed by atoms with Crippen molar-refractivity contribution >= 4 is 5.69 Å². The zero-order valence-corrected chi connectivity index (χ0v) is 9.16. The standard InChI is InChI=1S/C12H17NO2/c1-8-3-4-10(9(2)5-8)13-11-6-15-7-12(11)14/h3-5,11-14H,6-7H2,1-2H3. The van der Waals surface area contributed by atoms with Crippen molar-refractivity contribution in [2.45, 2.75) is 26.0 Å². The van der Waals surface area contributed by atoms with Gasteiger partial charge in [0.1, 0.15) is 0 Å². The molecule has 1 heterocycles. The molecule has 0 saturated carbocycles. The zero-order valence-electron chi connectivity index (χ0n) is 9.16. The first kappa shape index (κ1) is 10.5. The van der Waals surface area contributed by atoms with Crippen LogP contribution in [0, 0.1) is 13.8 Å². The number of hydrogen-bond acceptors (Lipinski definition) is 3. The van der Waals surface area contributed by atoms with Gasteiger partial charge in [0, 0.05) is 5.69 Å². The first-order valence-electron chi connectivity index (χ1n) is 5.26. The third-order valence-corrected chi connectivity index (χ3v) is 2.77. The summed E-state index contributed by atoms with van der Waals surface area (Å²) in [6, 6.07) is 6.27. The van der Waals surface area contributed by atoms with Gasteiger partial charge in [0.2, 0.25) is 0 Å². The number of aliphatic hydroxyl groups excluding tert-OH is 1. The topological polar surface area (TPSA) is 41.5 Å². The van der Waals surface area contributed by atoms with Gasteiger partial charge in [0.25, 0.3) is 0 Å². The summed E-state index contributed by atoms with van der Waals surface area (Å²) in [4.78, 5) is 0. The van der Waals surface area contributed by atoms with E-state index < -0.39 is 6.10 Å². The predicted molar refractivity (Wildman–Crippen MR) is 60.2 cm³/mol. The van der Waals surface area contributed by atoms with E-state index in [1.54, 1.807) is 0 Å². The average molecular weight is 207 g/mol. The minimum Gasteiger partial charge on any atom is -0.388 e. The third-order valence-electron chi connectivity index (χ3n) is 2.77. The molecule has 0 aromatic heterocycles. The Kier molecular flexibility index (Phi) is 2.93. The van der Waals surface area contributed by atoms with Crippen LogP contribution in [0.3, 0.4) is 0 Å². The number of rotatable bonds is 2. The van der Waals surface area contributed by atoms with E-state index >= 15 is 0 Å². The summed E-state index contributed by atoms with van der Waals surface area (Å²) in [5.41, 5.74) is 3.53. The Balaban J connectivity index is 2.10. The van der Waals surface area contributed by atoms with Crippen molar-refractivity contribution in [3.8, 4) is 0 Å². The van der Waals surface area contributed by atoms with E-state index in [1.807, 2.05) is 0 Å². The molecule has 2 atom stereocenters. The van der Waals surface area contributed by atoms with E-state index in [1.165, 1.54) is 11.1 Å². The molecule has 0 amide bonds. The van der Waals surface area contributed by atoms with Gasteiger partial charge in [-0.15, -0.1) is 0 Å². The molecule has 1 saturated heterocycles. The van der Waals surface area contributed by atoms with Crippen LogP contribution in [0.4, 0.5) is 5.69 Å². The Labute approximate surface area is 90.1 Å². The van der Waals surface area contributed by atoms with E-state index in [4.69, 9.17) is 4.74 Å². The second-order valence-electron chi connectivity index (χ2n) is 4.17. The van der Waals surface area contributed by atoms with E-state index in [-0.39, 0.29) is 6.04 Å². The monoisotopic (exact) mass is 207 g/mol. The van der Waals surface area contributed by atoms with Crippen LogP contribution in [0.2, 0.25) is 0 Å². The first-order valence-corrected chi connectivity index (χ1v) is 5.26. The number of aliphatic hydroxyl groups is 1. The average Bonchev–Trinajstić information content (AvgIpc) is 2.57. The smallest absolute Gasteiger partial charge is 0.0996 e. The van der Waals surface area contributed by atoms with Crippen LogP contribution < -0.4 is 5.32 Å². The maximum atomic E-state index is 9.61. The molecule has 2 N–H and O–H groups in total. The van der Waals surface area contributed by atoms with E-state index in [0.29, 0.717) is 13.2 Å². The number of nitrogens with one attached hydrogen (secondary N) is 1. The van der Waals surface area contributed by atoms with Crippen LogP contribution in [0.25, 0.3) is 0 Å². The molecule has 0 bridgehead atoms. The van der Waals surface area contributed by atoms with Crippen LogP contribution in [-0.2, 0) is 4.74 Å². The van der Waals surface area contributed by atoms with Gasteiger partial charge in [-0.2, -0.15) is 0 Å². The van der Waals surface area contributed by atoms with Gasteiger partial charge in [-0.1, -0.05) is 17.7 Å². The van der Waals surface area contributed by atoms with Crippen molar-refractivity contribution in [2.75, 3.05) is 18.5 Å². The van der Waals surface area contributed by atoms with Gasteiger partial charge < -0.3 is 15.2 Å². The van der Waals surface area contributed by atoms with Crippen molar-refractivity contribution in [1.82, 2.24) is 0 Å². The Morgan fingerprint density at radius 3 is 2.73 bits per heavy atom. The fourth-order valence-corrected chi connectivity index (χ4v) is 1.86. The van der Waals surface area contributed by atoms with Crippen LogP contribution in [0.5, 0.6) is 0 Å². The molecular weight excluding hydrogens is 190 g/mol. The molecule has 1 aromatic carbocycles. The summed E-state index contributed by atoms with van der Waals surface area (Å²) in [5, 5.41) is 12.9. The van der Waals surface area contributed by atoms with Gasteiger partial charge in [-0.3, -0.25) is 0 Å². The van der Waals surface area contributed by atoms with Crippen molar-refractivity contribution < 1.29 is 9.84 Å². The third kappa shape index (κ3) is 2.30. The molecular formula is C12H17NO2. The predicted octanol–water partition coefficient (Wildman–Crippen LogP) is 1.48. The lowest BCUT2D eigenvalue weighted by atomic mass is 10.1. The second-order valence-corrected chi connectivity index (χ2v) is 4.17. The molecule has 1 aliphatic heterocycles. The van der Waals surface area contributed by atoms with Gasteiger partial charge in [-0.25, -0.2) is 0 Å². The molecule has 1 fully saturated rings. The molecule has 82 valence electrons. The molecule has 0 spiro atoms.